The topological polar surface area (TPSA) is 93.4 Å². The molecular formula is C18H12ClFN8. The third-order valence-electron chi connectivity index (χ3n) is 4.34. The fraction of sp³-hybridized carbons (Fsp3) is 0.0556. The van der Waals surface area contributed by atoms with Crippen LogP contribution in [0.15, 0.2) is 48.7 Å². The first kappa shape index (κ1) is 16.6. The van der Waals surface area contributed by atoms with Crippen LogP contribution < -0.4 is 10.6 Å². The van der Waals surface area contributed by atoms with Gasteiger partial charge in [-0.1, -0.05) is 29.8 Å². The van der Waals surface area contributed by atoms with E-state index in [1.165, 1.54) is 12.1 Å². The Morgan fingerprint density at radius 3 is 2.96 bits per heavy atom. The summed E-state index contributed by atoms with van der Waals surface area (Å²) in [6, 6.07) is 11.9. The molecule has 2 N–H and O–H groups in total. The van der Waals surface area contributed by atoms with Gasteiger partial charge in [0, 0.05) is 17.8 Å². The number of aromatic nitrogens is 6. The lowest BCUT2D eigenvalue weighted by Gasteiger charge is -2.11. The molecule has 3 heterocycles. The Hall–Kier alpha value is -3.59. The van der Waals surface area contributed by atoms with Gasteiger partial charge >= 0.3 is 0 Å². The van der Waals surface area contributed by atoms with E-state index in [9.17, 15) is 4.39 Å². The molecule has 0 saturated heterocycles. The molecule has 1 aliphatic rings. The molecule has 138 valence electrons. The molecule has 0 bridgehead atoms. The van der Waals surface area contributed by atoms with E-state index in [0.717, 1.165) is 16.9 Å². The van der Waals surface area contributed by atoms with Gasteiger partial charge in [0.25, 0.3) is 0 Å². The van der Waals surface area contributed by atoms with Crippen molar-refractivity contribution in [2.75, 3.05) is 10.6 Å². The van der Waals surface area contributed by atoms with Crippen molar-refractivity contribution in [2.24, 2.45) is 0 Å². The number of nitrogens with zero attached hydrogens (tertiary/aromatic N) is 6. The molecule has 0 spiro atoms. The maximum atomic E-state index is 13.2. The Balaban J connectivity index is 1.49. The Morgan fingerprint density at radius 2 is 2.07 bits per heavy atom. The summed E-state index contributed by atoms with van der Waals surface area (Å²) in [5.41, 5.74) is 3.05. The smallest absolute Gasteiger partial charge is 0.224 e. The molecule has 0 amide bonds. The van der Waals surface area contributed by atoms with E-state index in [4.69, 9.17) is 11.6 Å². The van der Waals surface area contributed by atoms with Crippen molar-refractivity contribution in [3.8, 4) is 17.1 Å². The average molecular weight is 395 g/mol. The first-order valence-electron chi connectivity index (χ1n) is 8.39. The number of tetrazole rings is 1. The van der Waals surface area contributed by atoms with Crippen molar-refractivity contribution in [3.63, 3.8) is 0 Å². The van der Waals surface area contributed by atoms with Gasteiger partial charge in [0.2, 0.25) is 5.95 Å². The Morgan fingerprint density at radius 1 is 1.18 bits per heavy atom. The minimum Gasteiger partial charge on any atom is -0.350 e. The van der Waals surface area contributed by atoms with Gasteiger partial charge in [-0.2, -0.15) is 9.67 Å². The molecule has 28 heavy (non-hydrogen) atoms. The number of fused-ring (bicyclic) bond motifs is 5. The number of nitrogens with one attached hydrogen (secondary N) is 2. The van der Waals surface area contributed by atoms with Crippen molar-refractivity contribution in [1.29, 1.82) is 0 Å². The lowest BCUT2D eigenvalue weighted by molar-refractivity contribution is 0.627. The third-order valence-corrected chi connectivity index (χ3v) is 4.69. The monoisotopic (exact) mass is 394 g/mol. The Bertz CT molecular complexity index is 1190. The second-order valence-electron chi connectivity index (χ2n) is 6.10. The number of para-hydroxylation sites is 2. The number of anilines is 3. The van der Waals surface area contributed by atoms with Crippen LogP contribution in [0.1, 0.15) is 5.56 Å². The van der Waals surface area contributed by atoms with Gasteiger partial charge in [-0.25, -0.2) is 9.37 Å². The predicted octanol–water partition coefficient (Wildman–Crippen LogP) is 3.58. The largest absolute Gasteiger partial charge is 0.350 e. The van der Waals surface area contributed by atoms with Crippen molar-refractivity contribution in [1.82, 2.24) is 30.2 Å². The summed E-state index contributed by atoms with van der Waals surface area (Å²) in [5, 5.41) is 18.7. The number of benzene rings is 2. The van der Waals surface area contributed by atoms with Gasteiger partial charge in [-0.05, 0) is 40.3 Å². The molecule has 0 unspecified atom stereocenters. The molecule has 0 aliphatic carbocycles. The zero-order valence-corrected chi connectivity index (χ0v) is 15.0. The van der Waals surface area contributed by atoms with Gasteiger partial charge < -0.3 is 10.6 Å². The molecule has 0 fully saturated rings. The molecule has 0 radical (unpaired) electrons. The Kier molecular flexibility index (Phi) is 3.87. The Labute approximate surface area is 163 Å². The molecular weight excluding hydrogens is 383 g/mol. The zero-order chi connectivity index (χ0) is 19.1. The highest BCUT2D eigenvalue weighted by Gasteiger charge is 2.23. The van der Waals surface area contributed by atoms with Gasteiger partial charge in [0.05, 0.1) is 16.9 Å². The van der Waals surface area contributed by atoms with Crippen molar-refractivity contribution in [3.05, 3.63) is 65.1 Å². The zero-order valence-electron chi connectivity index (χ0n) is 14.3. The number of halogens is 2. The molecule has 0 atom stereocenters. The van der Waals surface area contributed by atoms with E-state index in [1.54, 1.807) is 16.9 Å². The van der Waals surface area contributed by atoms with Crippen molar-refractivity contribution < 1.29 is 4.39 Å². The minimum atomic E-state index is -0.379. The fourth-order valence-electron chi connectivity index (χ4n) is 2.97. The summed E-state index contributed by atoms with van der Waals surface area (Å²) >= 11 is 6.07. The third kappa shape index (κ3) is 2.81. The maximum absolute atomic E-state index is 13.2. The van der Waals surface area contributed by atoms with E-state index in [0.29, 0.717) is 34.7 Å². The predicted molar refractivity (Wildman–Crippen MR) is 102 cm³/mol. The summed E-state index contributed by atoms with van der Waals surface area (Å²) in [6.45, 7) is 0.353. The molecule has 5 rings (SSSR count). The van der Waals surface area contributed by atoms with E-state index in [2.05, 4.69) is 36.1 Å². The molecule has 8 nitrogen and oxygen atoms in total. The highest BCUT2D eigenvalue weighted by molar-refractivity contribution is 6.31. The normalized spacial score (nSPS) is 11.6. The van der Waals surface area contributed by atoms with Crippen LogP contribution in [0.5, 0.6) is 0 Å². The number of hydrogen-bond donors (Lipinski definition) is 2. The quantitative estimate of drug-likeness (QED) is 0.483. The molecule has 10 heteroatoms. The number of rotatable bonds is 3. The van der Waals surface area contributed by atoms with Gasteiger partial charge in [-0.15, -0.1) is 5.10 Å². The van der Waals surface area contributed by atoms with Crippen LogP contribution in [0, 0.1) is 5.82 Å². The van der Waals surface area contributed by atoms with E-state index < -0.39 is 0 Å². The van der Waals surface area contributed by atoms with Crippen molar-refractivity contribution >= 4 is 29.1 Å². The summed E-state index contributed by atoms with van der Waals surface area (Å²) < 4.78 is 14.8. The van der Waals surface area contributed by atoms with Crippen LogP contribution in [-0.4, -0.2) is 30.2 Å². The van der Waals surface area contributed by atoms with Crippen LogP contribution in [0.3, 0.4) is 0 Å². The lowest BCUT2D eigenvalue weighted by atomic mass is 10.2. The fourth-order valence-corrected chi connectivity index (χ4v) is 3.21. The SMILES string of the molecule is Fc1ccc(CNc2ncc3c(n2)Nc2ccccc2-n2nnnc2-3)c(Cl)c1. The van der Waals surface area contributed by atoms with Crippen LogP contribution in [0.4, 0.5) is 21.8 Å². The first-order valence-corrected chi connectivity index (χ1v) is 8.77. The summed E-state index contributed by atoms with van der Waals surface area (Å²) in [6.07, 6.45) is 1.65. The summed E-state index contributed by atoms with van der Waals surface area (Å²) in [5.74, 6) is 1.13. The van der Waals surface area contributed by atoms with Crippen molar-refractivity contribution in [2.45, 2.75) is 6.54 Å². The van der Waals surface area contributed by atoms with E-state index in [1.807, 2.05) is 24.3 Å². The minimum absolute atomic E-state index is 0.341. The van der Waals surface area contributed by atoms with Crippen LogP contribution in [0.2, 0.25) is 5.02 Å². The first-order chi connectivity index (χ1) is 13.7. The van der Waals surface area contributed by atoms with Gasteiger partial charge in [0.15, 0.2) is 5.82 Å². The van der Waals surface area contributed by atoms with Crippen LogP contribution in [0.25, 0.3) is 17.1 Å². The molecule has 2 aromatic heterocycles. The molecule has 1 aliphatic heterocycles. The highest BCUT2D eigenvalue weighted by atomic mass is 35.5. The van der Waals surface area contributed by atoms with Crippen LogP contribution in [-0.2, 0) is 6.54 Å². The highest BCUT2D eigenvalue weighted by Crippen LogP contribution is 2.35. The summed E-state index contributed by atoms with van der Waals surface area (Å²) in [4.78, 5) is 8.90. The average Bonchev–Trinajstić information content (AvgIpc) is 3.13. The van der Waals surface area contributed by atoms with E-state index >= 15 is 0 Å². The molecule has 4 aromatic rings. The molecule has 0 saturated carbocycles. The second-order valence-corrected chi connectivity index (χ2v) is 6.51. The number of hydrogen-bond acceptors (Lipinski definition) is 7. The van der Waals surface area contributed by atoms with Gasteiger partial charge in [-0.3, -0.25) is 0 Å². The molecule has 2 aromatic carbocycles. The van der Waals surface area contributed by atoms with Crippen LogP contribution >= 0.6 is 11.6 Å². The van der Waals surface area contributed by atoms with Gasteiger partial charge in [0.1, 0.15) is 11.6 Å². The summed E-state index contributed by atoms with van der Waals surface area (Å²) in [7, 11) is 0. The second kappa shape index (κ2) is 6.54. The standard InChI is InChI=1S/C18H12ClFN8/c19-13-7-11(20)6-5-10(13)8-21-18-22-9-12-16(24-18)23-14-3-1-2-4-15(14)28-17(12)25-26-27-28/h1-7,9H,8H2,(H2,21,22,23,24). The maximum Gasteiger partial charge on any atom is 0.224 e. The lowest BCUT2D eigenvalue weighted by Crippen LogP contribution is -2.06. The van der Waals surface area contributed by atoms with E-state index in [-0.39, 0.29) is 5.82 Å².